The standard InChI is InChI=1S/C22H22FN5O/c1-15-11-17(4-6-20(15)25-7-2-9-28-10-8-24-14-28)26-13-19-18-12-16(23)3-5-21(18)27-22(19)29/h3-6,8,10-14,25-26H,2,7,9H2,1H3,(H,27,29). The Labute approximate surface area is 168 Å². The van der Waals surface area contributed by atoms with Crippen LogP contribution in [-0.4, -0.2) is 22.0 Å². The van der Waals surface area contributed by atoms with E-state index in [9.17, 15) is 9.18 Å². The zero-order chi connectivity index (χ0) is 20.2. The number of imidazole rings is 1. The molecule has 0 fully saturated rings. The van der Waals surface area contributed by atoms with Crippen molar-refractivity contribution >= 4 is 28.5 Å². The van der Waals surface area contributed by atoms with Crippen molar-refractivity contribution in [2.45, 2.75) is 19.9 Å². The third-order valence-electron chi connectivity index (χ3n) is 4.84. The number of nitrogens with zero attached hydrogens (tertiary/aromatic N) is 2. The molecule has 0 bridgehead atoms. The molecular formula is C22H22FN5O. The smallest absolute Gasteiger partial charge is 0.257 e. The molecule has 2 heterocycles. The molecule has 4 rings (SSSR count). The highest BCUT2D eigenvalue weighted by Crippen LogP contribution is 2.32. The van der Waals surface area contributed by atoms with Gasteiger partial charge in [0, 0.05) is 54.3 Å². The normalized spacial score (nSPS) is 14.0. The highest BCUT2D eigenvalue weighted by atomic mass is 19.1. The molecule has 3 aromatic rings. The number of aryl methyl sites for hydroxylation is 2. The average molecular weight is 391 g/mol. The number of halogens is 1. The summed E-state index contributed by atoms with van der Waals surface area (Å²) >= 11 is 0. The van der Waals surface area contributed by atoms with Gasteiger partial charge in [-0.1, -0.05) is 0 Å². The summed E-state index contributed by atoms with van der Waals surface area (Å²) in [6, 6.07) is 10.2. The lowest BCUT2D eigenvalue weighted by Crippen LogP contribution is -2.07. The van der Waals surface area contributed by atoms with E-state index in [2.05, 4.69) is 25.5 Å². The van der Waals surface area contributed by atoms with Gasteiger partial charge in [0.2, 0.25) is 0 Å². The second kappa shape index (κ2) is 8.18. The van der Waals surface area contributed by atoms with E-state index in [-0.39, 0.29) is 11.7 Å². The Morgan fingerprint density at radius 2 is 2.14 bits per heavy atom. The predicted octanol–water partition coefficient (Wildman–Crippen LogP) is 4.24. The fourth-order valence-electron chi connectivity index (χ4n) is 3.31. The molecule has 0 saturated carbocycles. The molecule has 1 aliphatic rings. The van der Waals surface area contributed by atoms with Crippen molar-refractivity contribution in [2.24, 2.45) is 0 Å². The second-order valence-electron chi connectivity index (χ2n) is 6.96. The van der Waals surface area contributed by atoms with Crippen molar-refractivity contribution in [3.05, 3.63) is 78.3 Å². The summed E-state index contributed by atoms with van der Waals surface area (Å²) in [5, 5.41) is 9.33. The molecule has 29 heavy (non-hydrogen) atoms. The van der Waals surface area contributed by atoms with Crippen molar-refractivity contribution < 1.29 is 9.18 Å². The van der Waals surface area contributed by atoms with Crippen LogP contribution in [-0.2, 0) is 11.3 Å². The van der Waals surface area contributed by atoms with E-state index in [0.717, 1.165) is 36.4 Å². The molecule has 0 saturated heterocycles. The van der Waals surface area contributed by atoms with Crippen molar-refractivity contribution in [3.8, 4) is 0 Å². The Bertz CT molecular complexity index is 1060. The van der Waals surface area contributed by atoms with Crippen LogP contribution in [0.2, 0.25) is 0 Å². The Kier molecular flexibility index (Phi) is 5.29. The van der Waals surface area contributed by atoms with Crippen LogP contribution in [0.3, 0.4) is 0 Å². The van der Waals surface area contributed by atoms with Crippen LogP contribution in [0.15, 0.2) is 61.3 Å². The second-order valence-corrected chi connectivity index (χ2v) is 6.96. The molecule has 0 aliphatic carbocycles. The number of nitrogens with one attached hydrogen (secondary N) is 3. The van der Waals surface area contributed by atoms with Crippen LogP contribution >= 0.6 is 0 Å². The topological polar surface area (TPSA) is 71.0 Å². The fraction of sp³-hybridized carbons (Fsp3) is 0.182. The van der Waals surface area contributed by atoms with Crippen LogP contribution in [0.4, 0.5) is 21.5 Å². The minimum Gasteiger partial charge on any atom is -0.385 e. The fourth-order valence-corrected chi connectivity index (χ4v) is 3.31. The van der Waals surface area contributed by atoms with Gasteiger partial charge in [-0.15, -0.1) is 0 Å². The highest BCUT2D eigenvalue weighted by molar-refractivity contribution is 6.31. The number of benzene rings is 2. The molecule has 1 amide bonds. The minimum absolute atomic E-state index is 0.244. The van der Waals surface area contributed by atoms with Crippen LogP contribution in [0.5, 0.6) is 0 Å². The van der Waals surface area contributed by atoms with E-state index in [1.165, 1.54) is 12.1 Å². The SMILES string of the molecule is Cc1cc(NC=C2C(=O)Nc3ccc(F)cc32)ccc1NCCCn1ccnc1. The van der Waals surface area contributed by atoms with Crippen molar-refractivity contribution in [3.63, 3.8) is 0 Å². The van der Waals surface area contributed by atoms with Crippen LogP contribution in [0.1, 0.15) is 17.5 Å². The van der Waals surface area contributed by atoms with Gasteiger partial charge in [0.05, 0.1) is 11.9 Å². The van der Waals surface area contributed by atoms with E-state index >= 15 is 0 Å². The number of anilines is 3. The molecule has 1 aromatic heterocycles. The molecule has 1 aliphatic heterocycles. The van der Waals surface area contributed by atoms with E-state index in [0.29, 0.717) is 16.8 Å². The van der Waals surface area contributed by atoms with Crippen LogP contribution in [0.25, 0.3) is 5.57 Å². The molecule has 3 N–H and O–H groups in total. The van der Waals surface area contributed by atoms with Gasteiger partial charge >= 0.3 is 0 Å². The first-order valence-electron chi connectivity index (χ1n) is 9.48. The summed E-state index contributed by atoms with van der Waals surface area (Å²) in [4.78, 5) is 16.2. The third-order valence-corrected chi connectivity index (χ3v) is 4.84. The van der Waals surface area contributed by atoms with Gasteiger partial charge in [-0.3, -0.25) is 4.79 Å². The Balaban J connectivity index is 1.38. The number of rotatable bonds is 7. The molecule has 6 nitrogen and oxygen atoms in total. The molecule has 0 radical (unpaired) electrons. The van der Waals surface area contributed by atoms with E-state index in [4.69, 9.17) is 0 Å². The number of hydrogen-bond donors (Lipinski definition) is 3. The van der Waals surface area contributed by atoms with Gasteiger partial charge < -0.3 is 20.5 Å². The van der Waals surface area contributed by atoms with E-state index < -0.39 is 0 Å². The summed E-state index contributed by atoms with van der Waals surface area (Å²) < 4.78 is 15.6. The van der Waals surface area contributed by atoms with E-state index in [1.807, 2.05) is 37.6 Å². The van der Waals surface area contributed by atoms with Crippen molar-refractivity contribution in [2.75, 3.05) is 22.5 Å². The summed E-state index contributed by atoms with van der Waals surface area (Å²) in [6.07, 6.45) is 8.17. The van der Waals surface area contributed by atoms with Gasteiger partial charge in [0.25, 0.3) is 5.91 Å². The third kappa shape index (κ3) is 4.29. The lowest BCUT2D eigenvalue weighted by molar-refractivity contribution is -0.110. The first-order valence-corrected chi connectivity index (χ1v) is 9.48. The number of carbonyl (C=O) groups excluding carboxylic acids is 1. The van der Waals surface area contributed by atoms with Crippen LogP contribution < -0.4 is 16.0 Å². The quantitative estimate of drug-likeness (QED) is 0.416. The summed E-state index contributed by atoms with van der Waals surface area (Å²) in [7, 11) is 0. The predicted molar refractivity (Wildman–Crippen MR) is 113 cm³/mol. The number of amides is 1. The molecule has 0 spiro atoms. The molecular weight excluding hydrogens is 369 g/mol. The van der Waals surface area contributed by atoms with Crippen LogP contribution in [0, 0.1) is 12.7 Å². The Morgan fingerprint density at radius 1 is 1.24 bits per heavy atom. The Hall–Kier alpha value is -3.61. The average Bonchev–Trinajstić information content (AvgIpc) is 3.32. The maximum Gasteiger partial charge on any atom is 0.257 e. The zero-order valence-corrected chi connectivity index (χ0v) is 16.1. The maximum absolute atomic E-state index is 13.5. The zero-order valence-electron chi connectivity index (χ0n) is 16.1. The van der Waals surface area contributed by atoms with Gasteiger partial charge in [-0.2, -0.15) is 0 Å². The monoisotopic (exact) mass is 391 g/mol. The van der Waals surface area contributed by atoms with Crippen molar-refractivity contribution in [1.29, 1.82) is 0 Å². The summed E-state index contributed by atoms with van der Waals surface area (Å²) in [6.45, 7) is 3.81. The number of fused-ring (bicyclic) bond motifs is 1. The van der Waals surface area contributed by atoms with Gasteiger partial charge in [-0.25, -0.2) is 9.37 Å². The van der Waals surface area contributed by atoms with Gasteiger partial charge in [0.15, 0.2) is 0 Å². The lowest BCUT2D eigenvalue weighted by Gasteiger charge is -2.12. The Morgan fingerprint density at radius 3 is 2.93 bits per heavy atom. The van der Waals surface area contributed by atoms with Gasteiger partial charge in [-0.05, 0) is 55.3 Å². The van der Waals surface area contributed by atoms with E-state index in [1.54, 1.807) is 18.5 Å². The van der Waals surface area contributed by atoms with Crippen molar-refractivity contribution in [1.82, 2.24) is 9.55 Å². The molecule has 0 atom stereocenters. The van der Waals surface area contributed by atoms with Gasteiger partial charge in [0.1, 0.15) is 5.82 Å². The number of aromatic nitrogens is 2. The maximum atomic E-state index is 13.5. The first kappa shape index (κ1) is 18.7. The first-order chi connectivity index (χ1) is 14.1. The molecule has 2 aromatic carbocycles. The minimum atomic E-state index is -0.370. The molecule has 0 unspecified atom stereocenters. The lowest BCUT2D eigenvalue weighted by atomic mass is 10.1. The molecule has 148 valence electrons. The largest absolute Gasteiger partial charge is 0.385 e. The summed E-state index contributed by atoms with van der Waals surface area (Å²) in [5.41, 5.74) is 4.62. The number of carbonyl (C=O) groups is 1. The highest BCUT2D eigenvalue weighted by Gasteiger charge is 2.24. The molecule has 7 heteroatoms. The number of hydrogen-bond acceptors (Lipinski definition) is 4. The summed E-state index contributed by atoms with van der Waals surface area (Å²) in [5.74, 6) is -0.614.